The van der Waals surface area contributed by atoms with Gasteiger partial charge < -0.3 is 19.7 Å². The quantitative estimate of drug-likeness (QED) is 0.614. The molecule has 166 valence electrons. The third-order valence-corrected chi connectivity index (χ3v) is 6.27. The first-order chi connectivity index (χ1) is 15.1. The van der Waals surface area contributed by atoms with Crippen molar-refractivity contribution >= 4 is 29.3 Å². The number of thioether (sulfide) groups is 1. The highest BCUT2D eigenvalue weighted by Gasteiger charge is 2.23. The molecule has 1 aromatic heterocycles. The first kappa shape index (κ1) is 21.4. The number of hydrogen-bond donors (Lipinski definition) is 1. The van der Waals surface area contributed by atoms with Gasteiger partial charge in [0, 0.05) is 18.3 Å². The number of ether oxygens (including phenoxy) is 2. The molecule has 2 heterocycles. The van der Waals surface area contributed by atoms with Crippen molar-refractivity contribution in [1.82, 2.24) is 25.1 Å². The minimum atomic E-state index is -0.271. The maximum absolute atomic E-state index is 12.7. The fourth-order valence-electron chi connectivity index (χ4n) is 3.75. The second-order valence-electron chi connectivity index (χ2n) is 7.45. The maximum atomic E-state index is 12.7. The number of amides is 2. The molecular formula is C20H26N6O4S. The number of rotatable bonds is 8. The molecule has 2 aromatic rings. The highest BCUT2D eigenvalue weighted by atomic mass is 32.2. The molecule has 1 fully saturated rings. The van der Waals surface area contributed by atoms with Gasteiger partial charge in [0.15, 0.2) is 11.5 Å². The van der Waals surface area contributed by atoms with Crippen molar-refractivity contribution in [2.24, 2.45) is 0 Å². The molecule has 1 aliphatic heterocycles. The summed E-state index contributed by atoms with van der Waals surface area (Å²) < 4.78 is 12.9. The molecule has 1 saturated carbocycles. The molecule has 10 nitrogen and oxygen atoms in total. The van der Waals surface area contributed by atoms with Gasteiger partial charge >= 0.3 is 0 Å². The predicted octanol–water partition coefficient (Wildman–Crippen LogP) is 2.14. The van der Waals surface area contributed by atoms with E-state index in [1.54, 1.807) is 18.2 Å². The third-order valence-electron chi connectivity index (χ3n) is 5.35. The Morgan fingerprint density at radius 2 is 2.00 bits per heavy atom. The molecule has 31 heavy (non-hydrogen) atoms. The van der Waals surface area contributed by atoms with E-state index in [4.69, 9.17) is 9.47 Å². The van der Waals surface area contributed by atoms with E-state index in [-0.39, 0.29) is 24.1 Å². The lowest BCUT2D eigenvalue weighted by molar-refractivity contribution is -0.132. The average molecular weight is 447 g/mol. The second-order valence-corrected chi connectivity index (χ2v) is 8.39. The largest absolute Gasteiger partial charge is 0.486 e. The van der Waals surface area contributed by atoms with Crippen LogP contribution in [-0.2, 0) is 9.59 Å². The van der Waals surface area contributed by atoms with Crippen molar-refractivity contribution in [3.05, 3.63) is 18.2 Å². The van der Waals surface area contributed by atoms with E-state index >= 15 is 0 Å². The van der Waals surface area contributed by atoms with Crippen molar-refractivity contribution in [3.63, 3.8) is 0 Å². The minimum Gasteiger partial charge on any atom is -0.486 e. The summed E-state index contributed by atoms with van der Waals surface area (Å²) in [6, 6.07) is 5.55. The zero-order chi connectivity index (χ0) is 21.6. The van der Waals surface area contributed by atoms with Crippen LogP contribution in [-0.4, -0.2) is 69.0 Å². The van der Waals surface area contributed by atoms with Gasteiger partial charge in [0.1, 0.15) is 13.2 Å². The molecule has 2 aliphatic rings. The van der Waals surface area contributed by atoms with Crippen LogP contribution in [0.25, 0.3) is 0 Å². The molecule has 0 radical (unpaired) electrons. The van der Waals surface area contributed by atoms with Gasteiger partial charge in [-0.05, 0) is 42.3 Å². The van der Waals surface area contributed by atoms with Crippen LogP contribution in [0.4, 0.5) is 5.69 Å². The number of likely N-dealkylation sites (N-methyl/N-ethyl adjacent to an activating group) is 1. The van der Waals surface area contributed by atoms with Gasteiger partial charge in [0.05, 0.1) is 18.3 Å². The van der Waals surface area contributed by atoms with Crippen LogP contribution in [0, 0.1) is 0 Å². The molecule has 1 aromatic carbocycles. The Bertz CT molecular complexity index is 930. The summed E-state index contributed by atoms with van der Waals surface area (Å²) in [5, 5.41) is 15.4. The summed E-state index contributed by atoms with van der Waals surface area (Å²) in [5.74, 6) is 1.03. The summed E-state index contributed by atoms with van der Waals surface area (Å²) in [6.07, 6.45) is 4.48. The molecule has 0 bridgehead atoms. The van der Waals surface area contributed by atoms with Crippen LogP contribution in [0.3, 0.4) is 0 Å². The number of anilines is 1. The zero-order valence-corrected chi connectivity index (χ0v) is 18.3. The summed E-state index contributed by atoms with van der Waals surface area (Å²) >= 11 is 1.31. The lowest BCUT2D eigenvalue weighted by Crippen LogP contribution is -2.38. The van der Waals surface area contributed by atoms with Crippen molar-refractivity contribution in [2.75, 3.05) is 37.4 Å². The molecule has 0 atom stereocenters. The SMILES string of the molecule is CCN(CC(=O)Nc1ccc2c(c1)OCCO2)C(=O)CSc1nnnn1C1CCCC1. The van der Waals surface area contributed by atoms with Crippen LogP contribution in [0.2, 0.25) is 0 Å². The third kappa shape index (κ3) is 5.27. The highest BCUT2D eigenvalue weighted by Crippen LogP contribution is 2.33. The summed E-state index contributed by atoms with van der Waals surface area (Å²) in [6.45, 7) is 3.24. The zero-order valence-electron chi connectivity index (χ0n) is 17.5. The number of nitrogens with zero attached hydrogens (tertiary/aromatic N) is 5. The summed E-state index contributed by atoms with van der Waals surface area (Å²) in [7, 11) is 0. The smallest absolute Gasteiger partial charge is 0.243 e. The lowest BCUT2D eigenvalue weighted by Gasteiger charge is -2.21. The predicted molar refractivity (Wildman–Crippen MR) is 114 cm³/mol. The van der Waals surface area contributed by atoms with Crippen LogP contribution in [0.1, 0.15) is 38.6 Å². The number of carbonyl (C=O) groups is 2. The van der Waals surface area contributed by atoms with E-state index in [9.17, 15) is 9.59 Å². The van der Waals surface area contributed by atoms with Crippen molar-refractivity contribution < 1.29 is 19.1 Å². The van der Waals surface area contributed by atoms with E-state index in [2.05, 4.69) is 20.8 Å². The van der Waals surface area contributed by atoms with Crippen molar-refractivity contribution in [1.29, 1.82) is 0 Å². The summed E-state index contributed by atoms with van der Waals surface area (Å²) in [5.41, 5.74) is 0.600. The Labute approximate surface area is 184 Å². The maximum Gasteiger partial charge on any atom is 0.243 e. The van der Waals surface area contributed by atoms with Gasteiger partial charge in [-0.3, -0.25) is 9.59 Å². The van der Waals surface area contributed by atoms with Crippen LogP contribution in [0.15, 0.2) is 23.4 Å². The second kappa shape index (κ2) is 9.99. The highest BCUT2D eigenvalue weighted by molar-refractivity contribution is 7.99. The monoisotopic (exact) mass is 446 g/mol. The van der Waals surface area contributed by atoms with Crippen LogP contribution >= 0.6 is 11.8 Å². The molecule has 0 unspecified atom stereocenters. The van der Waals surface area contributed by atoms with E-state index < -0.39 is 0 Å². The number of nitrogens with one attached hydrogen (secondary N) is 1. The fourth-order valence-corrected chi connectivity index (χ4v) is 4.59. The van der Waals surface area contributed by atoms with E-state index in [1.807, 2.05) is 11.6 Å². The molecule has 2 amide bonds. The van der Waals surface area contributed by atoms with Crippen LogP contribution < -0.4 is 14.8 Å². The number of hydrogen-bond acceptors (Lipinski definition) is 8. The lowest BCUT2D eigenvalue weighted by atomic mass is 10.2. The number of aromatic nitrogens is 4. The molecule has 11 heteroatoms. The minimum absolute atomic E-state index is 0.0299. The van der Waals surface area contributed by atoms with Crippen molar-refractivity contribution in [3.8, 4) is 11.5 Å². The van der Waals surface area contributed by atoms with Crippen molar-refractivity contribution in [2.45, 2.75) is 43.8 Å². The fraction of sp³-hybridized carbons (Fsp3) is 0.550. The van der Waals surface area contributed by atoms with Gasteiger partial charge in [-0.15, -0.1) is 5.10 Å². The first-order valence-electron chi connectivity index (χ1n) is 10.5. The Balaban J connectivity index is 1.30. The van der Waals surface area contributed by atoms with Gasteiger partial charge in [0.2, 0.25) is 17.0 Å². The van der Waals surface area contributed by atoms with E-state index in [1.165, 1.54) is 29.5 Å². The Morgan fingerprint density at radius 1 is 1.23 bits per heavy atom. The summed E-state index contributed by atoms with van der Waals surface area (Å²) in [4.78, 5) is 26.7. The number of benzene rings is 1. The first-order valence-corrected chi connectivity index (χ1v) is 11.5. The molecule has 0 saturated heterocycles. The van der Waals surface area contributed by atoms with E-state index in [0.29, 0.717) is 48.1 Å². The van der Waals surface area contributed by atoms with Gasteiger partial charge in [-0.1, -0.05) is 24.6 Å². The average Bonchev–Trinajstić information content (AvgIpc) is 3.47. The normalized spacial score (nSPS) is 15.6. The Hall–Kier alpha value is -2.82. The number of carbonyl (C=O) groups excluding carboxylic acids is 2. The molecule has 4 rings (SSSR count). The van der Waals surface area contributed by atoms with Crippen LogP contribution in [0.5, 0.6) is 11.5 Å². The molecular weight excluding hydrogens is 420 g/mol. The van der Waals surface area contributed by atoms with E-state index in [0.717, 1.165) is 12.8 Å². The standard InChI is InChI=1S/C20H26N6O4S/c1-2-25(12-18(27)21-14-7-8-16-17(11-14)30-10-9-29-16)19(28)13-31-20-22-23-24-26(20)15-5-3-4-6-15/h7-8,11,15H,2-6,9-10,12-13H2,1H3,(H,21,27). The Kier molecular flexibility index (Phi) is 6.90. The van der Waals surface area contributed by atoms with Gasteiger partial charge in [-0.25, -0.2) is 4.68 Å². The molecule has 0 spiro atoms. The number of tetrazole rings is 1. The van der Waals surface area contributed by atoms with Gasteiger partial charge in [-0.2, -0.15) is 0 Å². The Morgan fingerprint density at radius 3 is 2.77 bits per heavy atom. The van der Waals surface area contributed by atoms with Gasteiger partial charge in [0.25, 0.3) is 0 Å². The molecule has 1 aliphatic carbocycles. The number of fused-ring (bicyclic) bond motifs is 1. The molecule has 1 N–H and O–H groups in total. The topological polar surface area (TPSA) is 111 Å².